The Bertz CT molecular complexity index is 848. The van der Waals surface area contributed by atoms with Crippen molar-refractivity contribution < 1.29 is 25.9 Å². The number of fused-ring (bicyclic) bond motifs is 1. The molecule has 0 aliphatic heterocycles. The second-order valence-electron chi connectivity index (χ2n) is 3.92. The maximum atomic E-state index is 11.1. The van der Waals surface area contributed by atoms with Crippen LogP contribution in [0.2, 0.25) is 5.02 Å². The monoisotopic (exact) mass is 336 g/mol. The quantitative estimate of drug-likeness (QED) is 0.805. The predicted molar refractivity (Wildman–Crippen MR) is 71.3 cm³/mol. The average molecular weight is 337 g/mol. The molecule has 2 rings (SSSR count). The summed E-state index contributed by atoms with van der Waals surface area (Å²) >= 11 is 5.83. The van der Waals surface area contributed by atoms with E-state index in [4.69, 9.17) is 26.4 Å². The second kappa shape index (κ2) is 4.57. The maximum Gasteiger partial charge on any atom is 0.294 e. The topological polar surface area (TPSA) is 133 Å². The lowest BCUT2D eigenvalue weighted by molar-refractivity contribution is 0.481. The van der Waals surface area contributed by atoms with Gasteiger partial charge < -0.3 is 5.73 Å². The van der Waals surface area contributed by atoms with Gasteiger partial charge in [-0.2, -0.15) is 16.8 Å². The van der Waals surface area contributed by atoms with Gasteiger partial charge in [-0.3, -0.25) is 9.11 Å². The third-order valence-electron chi connectivity index (χ3n) is 2.54. The van der Waals surface area contributed by atoms with E-state index in [2.05, 4.69) is 0 Å². The van der Waals surface area contributed by atoms with Crippen molar-refractivity contribution in [2.24, 2.45) is 0 Å². The van der Waals surface area contributed by atoms with Gasteiger partial charge in [-0.1, -0.05) is 11.6 Å². The zero-order valence-electron chi connectivity index (χ0n) is 9.53. The largest absolute Gasteiger partial charge is 0.300 e. The molecular formula is C10H7ClNO6S2. The van der Waals surface area contributed by atoms with Gasteiger partial charge in [0, 0.05) is 5.39 Å². The average Bonchev–Trinajstić information content (AvgIpc) is 2.25. The van der Waals surface area contributed by atoms with E-state index in [1.165, 1.54) is 0 Å². The van der Waals surface area contributed by atoms with Gasteiger partial charge in [0.25, 0.3) is 20.2 Å². The molecule has 0 aromatic heterocycles. The molecule has 0 aliphatic carbocycles. The Balaban J connectivity index is 2.95. The number of benzene rings is 2. The van der Waals surface area contributed by atoms with Crippen LogP contribution in [-0.4, -0.2) is 25.9 Å². The van der Waals surface area contributed by atoms with E-state index in [-0.39, 0.29) is 21.5 Å². The third kappa shape index (κ3) is 2.72. The molecule has 0 aliphatic rings. The highest BCUT2D eigenvalue weighted by molar-refractivity contribution is 7.86. The molecule has 0 saturated carbocycles. The minimum absolute atomic E-state index is 0.00903. The Hall–Kier alpha value is -1.39. The number of halogens is 1. The number of hydrogen-bond donors (Lipinski definition) is 2. The van der Waals surface area contributed by atoms with E-state index in [0.29, 0.717) is 0 Å². The fourth-order valence-electron chi connectivity index (χ4n) is 1.71. The molecule has 3 N–H and O–H groups in total. The van der Waals surface area contributed by atoms with Gasteiger partial charge >= 0.3 is 0 Å². The molecule has 1 radical (unpaired) electrons. The van der Waals surface area contributed by atoms with Crippen molar-refractivity contribution in [3.63, 3.8) is 0 Å². The molecule has 10 heteroatoms. The van der Waals surface area contributed by atoms with Crippen LogP contribution in [0.5, 0.6) is 0 Å². The van der Waals surface area contributed by atoms with Crippen LogP contribution >= 0.6 is 11.6 Å². The molecule has 0 spiro atoms. The van der Waals surface area contributed by atoms with Crippen LogP contribution in [-0.2, 0) is 20.2 Å². The Morgan fingerprint density at radius 1 is 0.900 bits per heavy atom. The van der Waals surface area contributed by atoms with Crippen molar-refractivity contribution >= 4 is 48.3 Å². The van der Waals surface area contributed by atoms with Crippen molar-refractivity contribution in [1.29, 1.82) is 0 Å². The van der Waals surface area contributed by atoms with Crippen LogP contribution in [0.3, 0.4) is 0 Å². The first-order valence-corrected chi connectivity index (χ1v) is 8.20. The Labute approximate surface area is 119 Å². The van der Waals surface area contributed by atoms with Crippen LogP contribution in [0.15, 0.2) is 34.1 Å². The first-order valence-electron chi connectivity index (χ1n) is 4.94. The van der Waals surface area contributed by atoms with Crippen molar-refractivity contribution in [3.8, 4) is 0 Å². The molecule has 107 valence electrons. The van der Waals surface area contributed by atoms with E-state index >= 15 is 0 Å². The van der Waals surface area contributed by atoms with Crippen LogP contribution in [0.1, 0.15) is 0 Å². The summed E-state index contributed by atoms with van der Waals surface area (Å²) in [6.07, 6.45) is 0. The van der Waals surface area contributed by atoms with Gasteiger partial charge in [0.2, 0.25) is 0 Å². The van der Waals surface area contributed by atoms with Crippen LogP contribution in [0.4, 0.5) is 5.69 Å². The fraction of sp³-hybridized carbons (Fsp3) is 0. The normalized spacial score (nSPS) is 12.8. The SMILES string of the molecule is [NH]c1cc(S(=O)(=O)O)cc2cc(S(=O)(=O)O)cc(Cl)c12. The lowest BCUT2D eigenvalue weighted by Crippen LogP contribution is -2.00. The van der Waals surface area contributed by atoms with Gasteiger partial charge in [-0.05, 0) is 29.7 Å². The smallest absolute Gasteiger partial charge is 0.294 e. The lowest BCUT2D eigenvalue weighted by atomic mass is 10.1. The third-order valence-corrected chi connectivity index (χ3v) is 4.50. The summed E-state index contributed by atoms with van der Waals surface area (Å²) in [4.78, 5) is -1.11. The molecule has 0 saturated heterocycles. The predicted octanol–water partition coefficient (Wildman–Crippen LogP) is 1.90. The van der Waals surface area contributed by atoms with E-state index in [1.54, 1.807) is 0 Å². The maximum absolute atomic E-state index is 11.1. The van der Waals surface area contributed by atoms with Crippen LogP contribution in [0.25, 0.3) is 10.8 Å². The van der Waals surface area contributed by atoms with E-state index in [1.807, 2.05) is 0 Å². The summed E-state index contributed by atoms with van der Waals surface area (Å²) in [6, 6.07) is 3.76. The van der Waals surface area contributed by atoms with Gasteiger partial charge in [-0.25, -0.2) is 0 Å². The molecule has 0 heterocycles. The lowest BCUT2D eigenvalue weighted by Gasteiger charge is -2.08. The number of nitrogens with one attached hydrogen (secondary N) is 1. The number of rotatable bonds is 2. The molecule has 20 heavy (non-hydrogen) atoms. The van der Waals surface area contributed by atoms with Crippen molar-refractivity contribution in [2.45, 2.75) is 9.79 Å². The van der Waals surface area contributed by atoms with E-state index in [0.717, 1.165) is 24.3 Å². The first-order chi connectivity index (χ1) is 9.00. The minimum Gasteiger partial charge on any atom is -0.300 e. The first kappa shape index (κ1) is 15.0. The van der Waals surface area contributed by atoms with Crippen molar-refractivity contribution in [2.75, 3.05) is 0 Å². The molecule has 0 bridgehead atoms. The second-order valence-corrected chi connectivity index (χ2v) is 7.17. The molecule has 2 aromatic rings. The van der Waals surface area contributed by atoms with Gasteiger partial charge in [-0.15, -0.1) is 0 Å². The molecule has 0 atom stereocenters. The molecule has 7 nitrogen and oxygen atoms in total. The van der Waals surface area contributed by atoms with Crippen LogP contribution in [0, 0.1) is 0 Å². The van der Waals surface area contributed by atoms with Gasteiger partial charge in [0.1, 0.15) is 0 Å². The summed E-state index contributed by atoms with van der Waals surface area (Å²) in [5, 5.41) is -0.0428. The minimum atomic E-state index is -4.55. The highest BCUT2D eigenvalue weighted by Gasteiger charge is 2.18. The molecular weight excluding hydrogens is 330 g/mol. The van der Waals surface area contributed by atoms with Gasteiger partial charge in [0.05, 0.1) is 20.5 Å². The zero-order valence-corrected chi connectivity index (χ0v) is 11.9. The van der Waals surface area contributed by atoms with Gasteiger partial charge in [0.15, 0.2) is 0 Å². The highest BCUT2D eigenvalue weighted by Crippen LogP contribution is 2.34. The Morgan fingerprint density at radius 3 is 1.80 bits per heavy atom. The highest BCUT2D eigenvalue weighted by atomic mass is 35.5. The summed E-state index contributed by atoms with van der Waals surface area (Å²) in [5.74, 6) is 0. The summed E-state index contributed by atoms with van der Waals surface area (Å²) in [5.41, 5.74) is 7.38. The summed E-state index contributed by atoms with van der Waals surface area (Å²) in [6.45, 7) is 0. The van der Waals surface area contributed by atoms with E-state index in [9.17, 15) is 16.8 Å². The van der Waals surface area contributed by atoms with Crippen molar-refractivity contribution in [1.82, 2.24) is 5.73 Å². The molecule has 0 fully saturated rings. The number of hydrogen-bond acceptors (Lipinski definition) is 4. The molecule has 0 unspecified atom stereocenters. The van der Waals surface area contributed by atoms with Crippen LogP contribution < -0.4 is 5.73 Å². The summed E-state index contributed by atoms with van der Waals surface area (Å²) < 4.78 is 62.2. The Morgan fingerprint density at radius 2 is 1.35 bits per heavy atom. The zero-order chi connectivity index (χ0) is 15.3. The van der Waals surface area contributed by atoms with E-state index < -0.39 is 30.0 Å². The van der Waals surface area contributed by atoms with Crippen molar-refractivity contribution in [3.05, 3.63) is 29.3 Å². The summed E-state index contributed by atoms with van der Waals surface area (Å²) in [7, 11) is -9.09. The molecule has 2 aromatic carbocycles. The standard InChI is InChI=1S/C10H7ClNO6S2/c11-8-3-6(19(13,14)15)1-5-2-7(20(16,17)18)4-9(12)10(5)8/h1-4,12H,(H,13,14,15)(H,16,17,18). The Kier molecular flexibility index (Phi) is 3.43. The molecule has 0 amide bonds. The fourth-order valence-corrected chi connectivity index (χ4v) is 3.19.